The summed E-state index contributed by atoms with van der Waals surface area (Å²) in [6.45, 7) is 9.94. The van der Waals surface area contributed by atoms with Gasteiger partial charge in [-0.3, -0.25) is 14.6 Å². The van der Waals surface area contributed by atoms with E-state index in [-0.39, 0.29) is 5.91 Å². The Hall–Kier alpha value is -3.15. The second kappa shape index (κ2) is 8.26. The van der Waals surface area contributed by atoms with Gasteiger partial charge in [-0.15, -0.1) is 0 Å². The first-order valence-corrected chi connectivity index (χ1v) is 12.4. The van der Waals surface area contributed by atoms with Crippen molar-refractivity contribution in [3.63, 3.8) is 0 Å². The van der Waals surface area contributed by atoms with Gasteiger partial charge in [0.2, 0.25) is 11.8 Å². The van der Waals surface area contributed by atoms with Crippen molar-refractivity contribution in [3.05, 3.63) is 52.8 Å². The molecule has 2 fully saturated rings. The molecule has 3 heterocycles. The minimum absolute atomic E-state index is 0.0609. The van der Waals surface area contributed by atoms with Crippen LogP contribution in [0.3, 0.4) is 0 Å². The molecule has 6 heteroatoms. The highest BCUT2D eigenvalue weighted by Crippen LogP contribution is 2.47. The van der Waals surface area contributed by atoms with Gasteiger partial charge in [-0.05, 0) is 86.8 Å². The molecule has 3 N–H and O–H groups in total. The van der Waals surface area contributed by atoms with Crippen LogP contribution < -0.4 is 5.73 Å². The molecule has 0 unspecified atom stereocenters. The first-order chi connectivity index (χ1) is 16.2. The van der Waals surface area contributed by atoms with Gasteiger partial charge in [-0.25, -0.2) is 0 Å². The summed E-state index contributed by atoms with van der Waals surface area (Å²) in [7, 11) is 0. The number of aryl methyl sites for hydroxylation is 2. The highest BCUT2D eigenvalue weighted by molar-refractivity contribution is 6.07. The minimum atomic E-state index is -0.914. The number of nitrogens with two attached hydrogens (primary N) is 1. The molecule has 0 spiro atoms. The highest BCUT2D eigenvalue weighted by atomic mass is 16.2. The average Bonchev–Trinajstić information content (AvgIpc) is 3.52. The number of carbonyl (C=O) groups excluding carboxylic acids is 2. The summed E-state index contributed by atoms with van der Waals surface area (Å²) >= 11 is 0. The number of benzene rings is 1. The van der Waals surface area contributed by atoms with Crippen molar-refractivity contribution in [2.75, 3.05) is 13.1 Å². The maximum absolute atomic E-state index is 12.9. The third-order valence-electron chi connectivity index (χ3n) is 7.69. The Labute approximate surface area is 200 Å². The number of primary amides is 1. The van der Waals surface area contributed by atoms with Crippen LogP contribution in [0.15, 0.2) is 30.3 Å². The maximum atomic E-state index is 12.9. The second-order valence-corrected chi connectivity index (χ2v) is 10.5. The van der Waals surface area contributed by atoms with Crippen molar-refractivity contribution in [1.82, 2.24) is 14.9 Å². The molecule has 6 nitrogen and oxygen atoms in total. The van der Waals surface area contributed by atoms with Crippen molar-refractivity contribution in [2.24, 2.45) is 11.1 Å². The number of carbonyl (C=O) groups is 2. The van der Waals surface area contributed by atoms with E-state index in [9.17, 15) is 9.59 Å². The van der Waals surface area contributed by atoms with E-state index in [0.29, 0.717) is 37.8 Å². The lowest BCUT2D eigenvalue weighted by Crippen LogP contribution is -2.46. The third kappa shape index (κ3) is 3.79. The Kier molecular flexibility index (Phi) is 5.50. The van der Waals surface area contributed by atoms with Gasteiger partial charge in [0, 0.05) is 40.9 Å². The molecule has 1 saturated heterocycles. The number of H-pyrrole nitrogens is 1. The van der Waals surface area contributed by atoms with Crippen LogP contribution in [0.4, 0.5) is 0 Å². The molecule has 1 aliphatic carbocycles. The van der Waals surface area contributed by atoms with Crippen molar-refractivity contribution >= 4 is 22.7 Å². The fraction of sp³-hybridized carbons (Fsp3) is 0.464. The zero-order valence-corrected chi connectivity index (χ0v) is 20.6. The van der Waals surface area contributed by atoms with Crippen LogP contribution in [0, 0.1) is 19.3 Å². The number of fused-ring (bicyclic) bond motifs is 1. The largest absolute Gasteiger partial charge is 0.369 e. The number of aromatic nitrogens is 2. The molecule has 0 radical (unpaired) electrons. The Morgan fingerprint density at radius 2 is 1.74 bits per heavy atom. The standard InChI is InChI=1S/C28H34N4O2/c1-16(2)24-22-15-20(5-6-23(22)31-25(24)21-13-17(3)30-18(4)14-21)19-7-11-32(12-8-19)27(34)28(9-10-28)26(29)33/h5-6,13-16,19,31H,7-12H2,1-4H3,(H2,29,33). The van der Waals surface area contributed by atoms with Crippen LogP contribution in [0.1, 0.15) is 73.9 Å². The molecule has 34 heavy (non-hydrogen) atoms. The van der Waals surface area contributed by atoms with Crippen LogP contribution in [-0.4, -0.2) is 39.8 Å². The summed E-state index contributed by atoms with van der Waals surface area (Å²) in [5.74, 6) is 0.250. The van der Waals surface area contributed by atoms with Crippen LogP contribution >= 0.6 is 0 Å². The van der Waals surface area contributed by atoms with E-state index in [0.717, 1.165) is 29.7 Å². The number of rotatable bonds is 5. The minimum Gasteiger partial charge on any atom is -0.369 e. The Bertz CT molecular complexity index is 1260. The molecule has 2 aliphatic rings. The number of nitrogens with zero attached hydrogens (tertiary/aromatic N) is 2. The molecular formula is C28H34N4O2. The Morgan fingerprint density at radius 1 is 1.09 bits per heavy atom. The van der Waals surface area contributed by atoms with Gasteiger partial charge in [0.15, 0.2) is 0 Å². The summed E-state index contributed by atoms with van der Waals surface area (Å²) in [6, 6.07) is 11.1. The molecule has 178 valence electrons. The number of pyridine rings is 1. The van der Waals surface area contributed by atoms with Crippen LogP contribution in [0.25, 0.3) is 22.2 Å². The number of amides is 2. The first-order valence-electron chi connectivity index (χ1n) is 12.4. The van der Waals surface area contributed by atoms with E-state index in [1.807, 2.05) is 18.7 Å². The van der Waals surface area contributed by atoms with Crippen LogP contribution in [0.2, 0.25) is 0 Å². The van der Waals surface area contributed by atoms with Gasteiger partial charge in [0.25, 0.3) is 0 Å². The number of aromatic amines is 1. The molecule has 0 atom stereocenters. The normalized spacial score (nSPS) is 18.0. The lowest BCUT2D eigenvalue weighted by atomic mass is 9.87. The molecule has 1 aromatic carbocycles. The predicted octanol–water partition coefficient (Wildman–Crippen LogP) is 4.94. The molecule has 0 bridgehead atoms. The van der Waals surface area contributed by atoms with Crippen molar-refractivity contribution in [1.29, 1.82) is 0 Å². The number of nitrogens with one attached hydrogen (secondary N) is 1. The van der Waals surface area contributed by atoms with E-state index in [4.69, 9.17) is 5.73 Å². The number of likely N-dealkylation sites (tertiary alicyclic amines) is 1. The zero-order chi connectivity index (χ0) is 24.2. The quantitative estimate of drug-likeness (QED) is 0.530. The van der Waals surface area contributed by atoms with Crippen molar-refractivity contribution < 1.29 is 9.59 Å². The van der Waals surface area contributed by atoms with E-state index < -0.39 is 11.3 Å². The van der Waals surface area contributed by atoms with Gasteiger partial charge in [0.05, 0.1) is 5.69 Å². The second-order valence-electron chi connectivity index (χ2n) is 10.5. The van der Waals surface area contributed by atoms with Crippen LogP contribution in [-0.2, 0) is 9.59 Å². The van der Waals surface area contributed by atoms with E-state index in [1.165, 1.54) is 27.8 Å². The highest BCUT2D eigenvalue weighted by Gasteiger charge is 2.57. The van der Waals surface area contributed by atoms with E-state index >= 15 is 0 Å². The molecule has 1 aliphatic heterocycles. The van der Waals surface area contributed by atoms with Crippen molar-refractivity contribution in [3.8, 4) is 11.3 Å². The Morgan fingerprint density at radius 3 is 2.29 bits per heavy atom. The molecular weight excluding hydrogens is 424 g/mol. The lowest BCUT2D eigenvalue weighted by Gasteiger charge is -2.34. The molecule has 1 saturated carbocycles. The van der Waals surface area contributed by atoms with Crippen LogP contribution in [0.5, 0.6) is 0 Å². The summed E-state index contributed by atoms with van der Waals surface area (Å²) < 4.78 is 0. The molecule has 3 aromatic rings. The van der Waals surface area contributed by atoms with Gasteiger partial charge in [0.1, 0.15) is 5.41 Å². The lowest BCUT2D eigenvalue weighted by molar-refractivity contribution is -0.143. The monoisotopic (exact) mass is 458 g/mol. The summed E-state index contributed by atoms with van der Waals surface area (Å²) in [4.78, 5) is 34.7. The SMILES string of the molecule is Cc1cc(-c2[nH]c3ccc(C4CCN(C(=O)C5(C(N)=O)CC5)CC4)cc3c2C(C)C)cc(C)n1. The fourth-order valence-electron chi connectivity index (χ4n) is 5.70. The predicted molar refractivity (Wildman–Crippen MR) is 135 cm³/mol. The fourth-order valence-corrected chi connectivity index (χ4v) is 5.70. The topological polar surface area (TPSA) is 92.1 Å². The van der Waals surface area contributed by atoms with E-state index in [1.54, 1.807) is 0 Å². The summed E-state index contributed by atoms with van der Waals surface area (Å²) in [6.07, 6.45) is 3.01. The van der Waals surface area contributed by atoms with Gasteiger partial charge in [-0.2, -0.15) is 0 Å². The first kappa shape index (κ1) is 22.6. The average molecular weight is 459 g/mol. The third-order valence-corrected chi connectivity index (χ3v) is 7.69. The number of hydrogen-bond acceptors (Lipinski definition) is 3. The number of hydrogen-bond donors (Lipinski definition) is 2. The molecule has 2 amide bonds. The molecule has 2 aromatic heterocycles. The van der Waals surface area contributed by atoms with Crippen molar-refractivity contribution in [2.45, 2.75) is 65.2 Å². The molecule has 5 rings (SSSR count). The summed E-state index contributed by atoms with van der Waals surface area (Å²) in [5.41, 5.74) is 12.8. The van der Waals surface area contributed by atoms with Gasteiger partial charge >= 0.3 is 0 Å². The number of piperidine rings is 1. The maximum Gasteiger partial charge on any atom is 0.238 e. The zero-order valence-electron chi connectivity index (χ0n) is 20.6. The van der Waals surface area contributed by atoms with Gasteiger partial charge < -0.3 is 15.6 Å². The van der Waals surface area contributed by atoms with E-state index in [2.05, 4.69) is 54.1 Å². The smallest absolute Gasteiger partial charge is 0.238 e. The summed E-state index contributed by atoms with van der Waals surface area (Å²) in [5, 5.41) is 1.28. The van der Waals surface area contributed by atoms with Gasteiger partial charge in [-0.1, -0.05) is 19.9 Å². The Balaban J connectivity index is 1.42.